The molecule has 4 rings (SSSR count). The third-order valence-corrected chi connectivity index (χ3v) is 6.02. The number of amides is 2. The number of para-hydroxylation sites is 1. The van der Waals surface area contributed by atoms with E-state index in [1.54, 1.807) is 18.3 Å². The number of hydrogen-bond acceptors (Lipinski definition) is 6. The molecule has 2 saturated heterocycles. The number of nitrogens with one attached hydrogen (secondary N) is 1. The van der Waals surface area contributed by atoms with E-state index in [0.29, 0.717) is 63.6 Å². The Bertz CT molecular complexity index is 910. The maximum Gasteiger partial charge on any atom is 0.255 e. The summed E-state index contributed by atoms with van der Waals surface area (Å²) in [5, 5.41) is 2.98. The highest BCUT2D eigenvalue weighted by Crippen LogP contribution is 2.20. The molecule has 2 aliphatic rings. The molecule has 0 spiro atoms. The molecule has 8 nitrogen and oxygen atoms in total. The van der Waals surface area contributed by atoms with Gasteiger partial charge in [0.1, 0.15) is 11.6 Å². The molecule has 0 bridgehead atoms. The highest BCUT2D eigenvalue weighted by atomic mass is 16.5. The van der Waals surface area contributed by atoms with Gasteiger partial charge in [0.25, 0.3) is 5.91 Å². The quantitative estimate of drug-likeness (QED) is 0.589. The van der Waals surface area contributed by atoms with Gasteiger partial charge in [0.05, 0.1) is 18.3 Å². The Labute approximate surface area is 194 Å². The fourth-order valence-electron chi connectivity index (χ4n) is 4.19. The van der Waals surface area contributed by atoms with Crippen LogP contribution in [0.5, 0.6) is 5.75 Å². The highest BCUT2D eigenvalue weighted by Gasteiger charge is 2.25. The second kappa shape index (κ2) is 11.7. The van der Waals surface area contributed by atoms with Crippen molar-refractivity contribution >= 4 is 17.6 Å². The van der Waals surface area contributed by atoms with E-state index in [0.717, 1.165) is 25.2 Å². The molecule has 0 aliphatic carbocycles. The minimum atomic E-state index is -0.134. The number of carbonyl (C=O) groups excluding carboxylic acids is 2. The molecular weight excluding hydrogens is 420 g/mol. The summed E-state index contributed by atoms with van der Waals surface area (Å²) in [6, 6.07) is 13.2. The van der Waals surface area contributed by atoms with E-state index in [1.165, 1.54) is 0 Å². The van der Waals surface area contributed by atoms with Crippen LogP contribution in [0.25, 0.3) is 0 Å². The molecule has 2 aromatic rings. The van der Waals surface area contributed by atoms with Gasteiger partial charge >= 0.3 is 0 Å². The zero-order chi connectivity index (χ0) is 22.9. The third kappa shape index (κ3) is 6.44. The number of benzene rings is 1. The van der Waals surface area contributed by atoms with Crippen molar-refractivity contribution in [2.75, 3.05) is 50.8 Å². The Hall–Kier alpha value is -3.13. The van der Waals surface area contributed by atoms with E-state index in [4.69, 9.17) is 9.47 Å². The van der Waals surface area contributed by atoms with Gasteiger partial charge in [-0.15, -0.1) is 0 Å². The van der Waals surface area contributed by atoms with Gasteiger partial charge in [-0.1, -0.05) is 18.2 Å². The smallest absolute Gasteiger partial charge is 0.255 e. The second-order valence-corrected chi connectivity index (χ2v) is 8.35. The topological polar surface area (TPSA) is 84.0 Å². The molecule has 0 unspecified atom stereocenters. The summed E-state index contributed by atoms with van der Waals surface area (Å²) in [6.45, 7) is 4.33. The Morgan fingerprint density at radius 3 is 2.67 bits per heavy atom. The summed E-state index contributed by atoms with van der Waals surface area (Å²) in [6.07, 6.45) is 4.98. The first-order valence-corrected chi connectivity index (χ1v) is 11.8. The number of rotatable bonds is 9. The van der Waals surface area contributed by atoms with Crippen molar-refractivity contribution < 1.29 is 19.1 Å². The van der Waals surface area contributed by atoms with E-state index in [-0.39, 0.29) is 17.9 Å². The van der Waals surface area contributed by atoms with Gasteiger partial charge in [-0.25, -0.2) is 4.98 Å². The van der Waals surface area contributed by atoms with Gasteiger partial charge in [0, 0.05) is 51.9 Å². The lowest BCUT2D eigenvalue weighted by atomic mass is 10.2. The molecule has 2 amide bonds. The summed E-state index contributed by atoms with van der Waals surface area (Å²) in [5.41, 5.74) is 0.563. The predicted octanol–water partition coefficient (Wildman–Crippen LogP) is 2.50. The molecule has 176 valence electrons. The number of carbonyl (C=O) groups is 2. The van der Waals surface area contributed by atoms with Crippen LogP contribution in [-0.4, -0.2) is 73.7 Å². The average Bonchev–Trinajstić information content (AvgIpc) is 3.40. The predicted molar refractivity (Wildman–Crippen MR) is 126 cm³/mol. The van der Waals surface area contributed by atoms with Crippen molar-refractivity contribution in [2.45, 2.75) is 31.8 Å². The van der Waals surface area contributed by atoms with Gasteiger partial charge in [-0.3, -0.25) is 9.59 Å². The SMILES string of the molecule is O=C(NC[C@@H]1CCCO1)c1cccnc1N1CCN(C(=O)CCCOc2ccccc2)CC1. The summed E-state index contributed by atoms with van der Waals surface area (Å²) in [7, 11) is 0. The normalized spacial score (nSPS) is 18.2. The standard InChI is InChI=1S/C25H32N4O4/c30-23(11-6-18-32-20-7-2-1-3-8-20)28-13-15-29(16-14-28)24-22(10-4-12-26-24)25(31)27-19-21-9-5-17-33-21/h1-4,7-8,10,12,21H,5-6,9,11,13-19H2,(H,27,31)/t21-/m0/s1. The fourth-order valence-corrected chi connectivity index (χ4v) is 4.19. The number of nitrogens with zero attached hydrogens (tertiary/aromatic N) is 3. The largest absolute Gasteiger partial charge is 0.494 e. The van der Waals surface area contributed by atoms with E-state index in [9.17, 15) is 9.59 Å². The Morgan fingerprint density at radius 1 is 1.09 bits per heavy atom. The summed E-state index contributed by atoms with van der Waals surface area (Å²) < 4.78 is 11.3. The molecule has 3 heterocycles. The number of anilines is 1. The lowest BCUT2D eigenvalue weighted by Crippen LogP contribution is -2.49. The number of hydrogen-bond donors (Lipinski definition) is 1. The van der Waals surface area contributed by atoms with Crippen LogP contribution in [0.3, 0.4) is 0 Å². The Kier molecular flexibility index (Phi) is 8.14. The van der Waals surface area contributed by atoms with Crippen LogP contribution in [0, 0.1) is 0 Å². The molecule has 33 heavy (non-hydrogen) atoms. The number of ether oxygens (including phenoxy) is 2. The Balaban J connectivity index is 1.23. The molecule has 2 fully saturated rings. The monoisotopic (exact) mass is 452 g/mol. The van der Waals surface area contributed by atoms with Crippen LogP contribution in [-0.2, 0) is 9.53 Å². The van der Waals surface area contributed by atoms with Gasteiger partial charge in [-0.2, -0.15) is 0 Å². The van der Waals surface area contributed by atoms with E-state index in [1.807, 2.05) is 35.2 Å². The van der Waals surface area contributed by atoms with Crippen LogP contribution in [0.15, 0.2) is 48.7 Å². The van der Waals surface area contributed by atoms with Gasteiger partial charge in [-0.05, 0) is 43.5 Å². The summed E-state index contributed by atoms with van der Waals surface area (Å²) in [5.74, 6) is 1.50. The number of piperazine rings is 1. The molecule has 1 aromatic carbocycles. The molecule has 0 saturated carbocycles. The highest BCUT2D eigenvalue weighted by molar-refractivity contribution is 5.99. The molecule has 2 aliphatic heterocycles. The molecule has 1 atom stereocenters. The van der Waals surface area contributed by atoms with Crippen LogP contribution in [0.2, 0.25) is 0 Å². The lowest BCUT2D eigenvalue weighted by molar-refractivity contribution is -0.131. The summed E-state index contributed by atoms with van der Waals surface area (Å²) >= 11 is 0. The average molecular weight is 453 g/mol. The van der Waals surface area contributed by atoms with Crippen LogP contribution >= 0.6 is 0 Å². The van der Waals surface area contributed by atoms with Gasteiger partial charge in [0.2, 0.25) is 5.91 Å². The van der Waals surface area contributed by atoms with Crippen molar-refractivity contribution in [2.24, 2.45) is 0 Å². The van der Waals surface area contributed by atoms with Crippen LogP contribution < -0.4 is 15.0 Å². The number of aromatic nitrogens is 1. The minimum absolute atomic E-state index is 0.0988. The molecular formula is C25H32N4O4. The maximum absolute atomic E-state index is 12.8. The van der Waals surface area contributed by atoms with Gasteiger partial charge in [0.15, 0.2) is 0 Å². The first-order valence-electron chi connectivity index (χ1n) is 11.8. The zero-order valence-corrected chi connectivity index (χ0v) is 18.9. The molecule has 0 radical (unpaired) electrons. The number of pyridine rings is 1. The van der Waals surface area contributed by atoms with Gasteiger partial charge < -0.3 is 24.6 Å². The zero-order valence-electron chi connectivity index (χ0n) is 18.9. The van der Waals surface area contributed by atoms with E-state index in [2.05, 4.69) is 15.2 Å². The first kappa shape index (κ1) is 23.0. The van der Waals surface area contributed by atoms with Crippen LogP contribution in [0.4, 0.5) is 5.82 Å². The molecule has 1 N–H and O–H groups in total. The van der Waals surface area contributed by atoms with Crippen molar-refractivity contribution in [3.8, 4) is 5.75 Å². The maximum atomic E-state index is 12.8. The van der Waals surface area contributed by atoms with Crippen molar-refractivity contribution in [1.82, 2.24) is 15.2 Å². The Morgan fingerprint density at radius 2 is 1.91 bits per heavy atom. The van der Waals surface area contributed by atoms with E-state index < -0.39 is 0 Å². The third-order valence-electron chi connectivity index (χ3n) is 6.02. The minimum Gasteiger partial charge on any atom is -0.494 e. The van der Waals surface area contributed by atoms with Crippen molar-refractivity contribution in [1.29, 1.82) is 0 Å². The molecule has 8 heteroatoms. The summed E-state index contributed by atoms with van der Waals surface area (Å²) in [4.78, 5) is 33.8. The van der Waals surface area contributed by atoms with Crippen molar-refractivity contribution in [3.05, 3.63) is 54.2 Å². The first-order chi connectivity index (χ1) is 16.2. The second-order valence-electron chi connectivity index (χ2n) is 8.35. The van der Waals surface area contributed by atoms with Crippen LogP contribution in [0.1, 0.15) is 36.0 Å². The van der Waals surface area contributed by atoms with Crippen molar-refractivity contribution in [3.63, 3.8) is 0 Å². The molecule has 1 aromatic heterocycles. The lowest BCUT2D eigenvalue weighted by Gasteiger charge is -2.36. The van der Waals surface area contributed by atoms with E-state index >= 15 is 0 Å². The fraction of sp³-hybridized carbons (Fsp3) is 0.480.